The molecule has 1 saturated carbocycles. The van der Waals surface area contributed by atoms with Gasteiger partial charge in [0.25, 0.3) is 0 Å². The third kappa shape index (κ3) is 4.27. The van der Waals surface area contributed by atoms with Crippen molar-refractivity contribution in [2.45, 2.75) is 70.5 Å². The van der Waals surface area contributed by atoms with Crippen LogP contribution in [0.4, 0.5) is 0 Å². The maximum absolute atomic E-state index is 10.8. The van der Waals surface area contributed by atoms with Crippen molar-refractivity contribution in [3.63, 3.8) is 0 Å². The zero-order chi connectivity index (χ0) is 19.6. The molecule has 27 heavy (non-hydrogen) atoms. The van der Waals surface area contributed by atoms with Crippen LogP contribution in [0.5, 0.6) is 0 Å². The Labute approximate surface area is 161 Å². The van der Waals surface area contributed by atoms with E-state index in [9.17, 15) is 15.0 Å². The molecule has 1 unspecified atom stereocenters. The van der Waals surface area contributed by atoms with Gasteiger partial charge in [0.1, 0.15) is 0 Å². The molecule has 1 aromatic carbocycles. The molecule has 0 aromatic heterocycles. The molecule has 4 heteroatoms. The SMILES string of the molecule is CCC(C)[C@H](O)/C=C/[C@@H]1[C@H]2c3cccc(CCCC(=O)O)c3C[C@H]2C[C@H]1O. The number of aliphatic hydroxyl groups is 2. The molecule has 3 rings (SSSR count). The smallest absolute Gasteiger partial charge is 0.303 e. The van der Waals surface area contributed by atoms with E-state index >= 15 is 0 Å². The Bertz CT molecular complexity index is 696. The number of carboxylic acid groups (broad SMARTS) is 1. The minimum Gasteiger partial charge on any atom is -0.481 e. The first-order valence-corrected chi connectivity index (χ1v) is 10.3. The van der Waals surface area contributed by atoms with E-state index in [1.54, 1.807) is 0 Å². The molecular weight excluding hydrogens is 340 g/mol. The van der Waals surface area contributed by atoms with Gasteiger partial charge in [0, 0.05) is 12.3 Å². The summed E-state index contributed by atoms with van der Waals surface area (Å²) in [5.41, 5.74) is 3.95. The molecule has 0 bridgehead atoms. The van der Waals surface area contributed by atoms with Crippen LogP contribution in [-0.4, -0.2) is 33.5 Å². The van der Waals surface area contributed by atoms with Crippen LogP contribution in [0.15, 0.2) is 30.4 Å². The predicted octanol–water partition coefficient (Wildman–Crippen LogP) is 3.69. The minimum atomic E-state index is -0.743. The molecule has 0 aliphatic heterocycles. The molecule has 0 amide bonds. The zero-order valence-electron chi connectivity index (χ0n) is 16.3. The third-order valence-corrected chi connectivity index (χ3v) is 6.64. The van der Waals surface area contributed by atoms with Crippen LogP contribution in [-0.2, 0) is 17.6 Å². The summed E-state index contributed by atoms with van der Waals surface area (Å²) >= 11 is 0. The van der Waals surface area contributed by atoms with Gasteiger partial charge in [-0.1, -0.05) is 50.6 Å². The molecule has 0 spiro atoms. The largest absolute Gasteiger partial charge is 0.481 e. The molecule has 4 nitrogen and oxygen atoms in total. The molecular formula is C23H32O4. The van der Waals surface area contributed by atoms with Crippen molar-refractivity contribution in [3.05, 3.63) is 47.0 Å². The van der Waals surface area contributed by atoms with E-state index < -0.39 is 12.1 Å². The van der Waals surface area contributed by atoms with Gasteiger partial charge in [0.2, 0.25) is 0 Å². The van der Waals surface area contributed by atoms with E-state index in [4.69, 9.17) is 5.11 Å². The van der Waals surface area contributed by atoms with E-state index in [2.05, 4.69) is 25.1 Å². The lowest BCUT2D eigenvalue weighted by Gasteiger charge is -2.21. The van der Waals surface area contributed by atoms with Crippen molar-refractivity contribution in [2.75, 3.05) is 0 Å². The van der Waals surface area contributed by atoms with E-state index in [1.165, 1.54) is 16.7 Å². The molecule has 1 aromatic rings. The number of benzene rings is 1. The van der Waals surface area contributed by atoms with Gasteiger partial charge in [-0.05, 0) is 60.1 Å². The van der Waals surface area contributed by atoms with Crippen LogP contribution in [0.1, 0.15) is 62.1 Å². The van der Waals surface area contributed by atoms with Crippen molar-refractivity contribution in [2.24, 2.45) is 17.8 Å². The molecule has 1 fully saturated rings. The second-order valence-electron chi connectivity index (χ2n) is 8.36. The molecule has 3 N–H and O–H groups in total. The molecule has 148 valence electrons. The van der Waals surface area contributed by atoms with E-state index in [1.807, 2.05) is 19.1 Å². The van der Waals surface area contributed by atoms with Crippen LogP contribution in [0.2, 0.25) is 0 Å². The zero-order valence-corrected chi connectivity index (χ0v) is 16.3. The van der Waals surface area contributed by atoms with Gasteiger partial charge in [0.15, 0.2) is 0 Å². The first kappa shape index (κ1) is 20.1. The number of hydrogen-bond acceptors (Lipinski definition) is 3. The van der Waals surface area contributed by atoms with Crippen molar-refractivity contribution in [1.82, 2.24) is 0 Å². The summed E-state index contributed by atoms with van der Waals surface area (Å²) in [6, 6.07) is 6.36. The number of aliphatic carboxylic acids is 1. The predicted molar refractivity (Wildman–Crippen MR) is 106 cm³/mol. The summed E-state index contributed by atoms with van der Waals surface area (Å²) in [5, 5.41) is 29.8. The third-order valence-electron chi connectivity index (χ3n) is 6.64. The number of carbonyl (C=O) groups is 1. The Morgan fingerprint density at radius 3 is 2.85 bits per heavy atom. The lowest BCUT2D eigenvalue weighted by atomic mass is 9.86. The first-order valence-electron chi connectivity index (χ1n) is 10.3. The summed E-state index contributed by atoms with van der Waals surface area (Å²) in [4.78, 5) is 10.8. The normalized spacial score (nSPS) is 28.9. The Morgan fingerprint density at radius 2 is 2.15 bits per heavy atom. The van der Waals surface area contributed by atoms with Gasteiger partial charge in [0.05, 0.1) is 12.2 Å². The average Bonchev–Trinajstić information content (AvgIpc) is 3.14. The second-order valence-corrected chi connectivity index (χ2v) is 8.36. The minimum absolute atomic E-state index is 0.0456. The number of fused-ring (bicyclic) bond motifs is 3. The summed E-state index contributed by atoms with van der Waals surface area (Å²) in [6.07, 6.45) is 7.44. The van der Waals surface area contributed by atoms with E-state index in [-0.39, 0.29) is 24.4 Å². The van der Waals surface area contributed by atoms with Crippen molar-refractivity contribution < 1.29 is 20.1 Å². The van der Waals surface area contributed by atoms with Gasteiger partial charge in [-0.2, -0.15) is 0 Å². The maximum Gasteiger partial charge on any atom is 0.303 e. The highest BCUT2D eigenvalue weighted by atomic mass is 16.4. The van der Waals surface area contributed by atoms with Crippen LogP contribution >= 0.6 is 0 Å². The summed E-state index contributed by atoms with van der Waals surface area (Å²) in [7, 11) is 0. The first-order chi connectivity index (χ1) is 12.9. The topological polar surface area (TPSA) is 77.8 Å². The number of aryl methyl sites for hydroxylation is 1. The fraction of sp³-hybridized carbons (Fsp3) is 0.609. The van der Waals surface area contributed by atoms with Crippen LogP contribution in [0.25, 0.3) is 0 Å². The molecule has 2 aliphatic rings. The highest BCUT2D eigenvalue weighted by Crippen LogP contribution is 2.53. The Balaban J connectivity index is 1.78. The summed E-state index contributed by atoms with van der Waals surface area (Å²) < 4.78 is 0. The van der Waals surface area contributed by atoms with Crippen LogP contribution < -0.4 is 0 Å². The van der Waals surface area contributed by atoms with E-state index in [0.29, 0.717) is 18.3 Å². The molecule has 2 aliphatic carbocycles. The Morgan fingerprint density at radius 1 is 1.37 bits per heavy atom. The summed E-state index contributed by atoms with van der Waals surface area (Å²) in [5.74, 6) is 0.255. The Hall–Kier alpha value is -1.65. The number of carboxylic acids is 1. The fourth-order valence-electron chi connectivity index (χ4n) is 4.90. The molecule has 0 saturated heterocycles. The lowest BCUT2D eigenvalue weighted by molar-refractivity contribution is -0.137. The van der Waals surface area contributed by atoms with Gasteiger partial charge in [-0.3, -0.25) is 4.79 Å². The highest BCUT2D eigenvalue weighted by molar-refractivity contribution is 5.66. The molecule has 6 atom stereocenters. The lowest BCUT2D eigenvalue weighted by Crippen LogP contribution is -2.19. The molecule has 0 heterocycles. The standard InChI is InChI=1S/C23H32O4/c1-3-14(2)20(24)11-10-18-21(25)13-16-12-19-15(7-5-9-22(26)27)6-4-8-17(19)23(16)18/h4,6,8,10-11,14,16,18,20-21,23-25H,3,5,7,9,12-13H2,1-2H3,(H,26,27)/b11-10+/t14?,16-,18-,20+,21+,23+/m0/s1. The van der Waals surface area contributed by atoms with Gasteiger partial charge < -0.3 is 15.3 Å². The van der Waals surface area contributed by atoms with Crippen molar-refractivity contribution in [3.8, 4) is 0 Å². The molecule has 0 radical (unpaired) electrons. The average molecular weight is 373 g/mol. The number of hydrogen-bond donors (Lipinski definition) is 3. The van der Waals surface area contributed by atoms with Crippen molar-refractivity contribution >= 4 is 5.97 Å². The maximum atomic E-state index is 10.8. The van der Waals surface area contributed by atoms with E-state index in [0.717, 1.165) is 25.7 Å². The summed E-state index contributed by atoms with van der Waals surface area (Å²) in [6.45, 7) is 4.11. The monoisotopic (exact) mass is 372 g/mol. The van der Waals surface area contributed by atoms with Gasteiger partial charge in [-0.25, -0.2) is 0 Å². The van der Waals surface area contributed by atoms with Gasteiger partial charge >= 0.3 is 5.97 Å². The fourth-order valence-corrected chi connectivity index (χ4v) is 4.90. The highest BCUT2D eigenvalue weighted by Gasteiger charge is 2.46. The number of rotatable bonds is 8. The van der Waals surface area contributed by atoms with Crippen LogP contribution in [0, 0.1) is 17.8 Å². The second kappa shape index (κ2) is 8.57. The quantitative estimate of drug-likeness (QED) is 0.608. The van der Waals surface area contributed by atoms with Crippen LogP contribution in [0.3, 0.4) is 0 Å². The van der Waals surface area contributed by atoms with Crippen molar-refractivity contribution in [1.29, 1.82) is 0 Å². The number of aliphatic hydroxyl groups excluding tert-OH is 2. The Kier molecular flexibility index (Phi) is 6.38. The van der Waals surface area contributed by atoms with Gasteiger partial charge in [-0.15, -0.1) is 0 Å².